The third-order valence-electron chi connectivity index (χ3n) is 3.54. The van der Waals surface area contributed by atoms with Gasteiger partial charge in [-0.1, -0.05) is 17.6 Å². The van der Waals surface area contributed by atoms with E-state index in [2.05, 4.69) is 22.1 Å². The van der Waals surface area contributed by atoms with Gasteiger partial charge >= 0.3 is 6.03 Å². The van der Waals surface area contributed by atoms with E-state index in [9.17, 15) is 4.79 Å². The molecule has 0 spiro atoms. The van der Waals surface area contributed by atoms with Crippen molar-refractivity contribution in [3.8, 4) is 11.8 Å². The summed E-state index contributed by atoms with van der Waals surface area (Å²) in [4.78, 5) is 18.3. The van der Waals surface area contributed by atoms with E-state index in [1.165, 1.54) is 5.57 Å². The Hall–Kier alpha value is -2.28. The van der Waals surface area contributed by atoms with Crippen molar-refractivity contribution in [2.24, 2.45) is 0 Å². The summed E-state index contributed by atoms with van der Waals surface area (Å²) in [6.07, 6.45) is 3.74. The quantitative estimate of drug-likeness (QED) is 0.747. The molecule has 1 N–H and O–H groups in total. The zero-order valence-electron chi connectivity index (χ0n) is 14.4. The first kappa shape index (κ1) is 17.1. The van der Waals surface area contributed by atoms with Crippen LogP contribution in [-0.2, 0) is 0 Å². The Bertz CT molecular complexity index is 649. The van der Waals surface area contributed by atoms with Gasteiger partial charge < -0.3 is 10.2 Å². The van der Waals surface area contributed by atoms with E-state index in [0.717, 1.165) is 37.3 Å². The van der Waals surface area contributed by atoms with Gasteiger partial charge in [0.05, 0.1) is 0 Å². The van der Waals surface area contributed by atoms with Crippen molar-refractivity contribution >= 4 is 6.03 Å². The number of aryl methyl sites for hydroxylation is 1. The van der Waals surface area contributed by atoms with Crippen LogP contribution in [0.4, 0.5) is 4.79 Å². The minimum Gasteiger partial charge on any atom is -0.333 e. The third-order valence-corrected chi connectivity index (χ3v) is 3.54. The first-order valence-electron chi connectivity index (χ1n) is 8.04. The molecule has 0 saturated carbocycles. The van der Waals surface area contributed by atoms with Crippen molar-refractivity contribution in [1.82, 2.24) is 15.2 Å². The van der Waals surface area contributed by atoms with E-state index in [0.29, 0.717) is 0 Å². The maximum atomic E-state index is 12.1. The molecule has 2 heterocycles. The van der Waals surface area contributed by atoms with Crippen molar-refractivity contribution in [3.63, 3.8) is 0 Å². The highest BCUT2D eigenvalue weighted by Crippen LogP contribution is 2.16. The number of hydrogen-bond acceptors (Lipinski definition) is 2. The molecular formula is C19H25N3O. The van der Waals surface area contributed by atoms with Crippen LogP contribution in [0.15, 0.2) is 29.8 Å². The molecule has 1 fully saturated rings. The molecule has 0 radical (unpaired) electrons. The van der Waals surface area contributed by atoms with Crippen molar-refractivity contribution in [3.05, 3.63) is 41.2 Å². The molecule has 4 nitrogen and oxygen atoms in total. The van der Waals surface area contributed by atoms with Gasteiger partial charge in [0.25, 0.3) is 0 Å². The number of nitrogens with zero attached hydrogens (tertiary/aromatic N) is 2. The predicted octanol–water partition coefficient (Wildman–Crippen LogP) is 3.27. The molecule has 1 aliphatic heterocycles. The summed E-state index contributed by atoms with van der Waals surface area (Å²) in [5.74, 6) is 6.15. The fraction of sp³-hybridized carbons (Fsp3) is 0.474. The zero-order chi connectivity index (χ0) is 16.9. The minimum atomic E-state index is -0.195. The van der Waals surface area contributed by atoms with Gasteiger partial charge in [-0.15, -0.1) is 0 Å². The number of allylic oxidation sites excluding steroid dienone is 1. The van der Waals surface area contributed by atoms with Gasteiger partial charge in [-0.3, -0.25) is 0 Å². The maximum Gasteiger partial charge on any atom is 0.317 e. The van der Waals surface area contributed by atoms with E-state index >= 15 is 0 Å². The maximum absolute atomic E-state index is 12.1. The first-order chi connectivity index (χ1) is 10.8. The van der Waals surface area contributed by atoms with Crippen molar-refractivity contribution in [2.45, 2.75) is 46.1 Å². The van der Waals surface area contributed by atoms with Crippen LogP contribution in [0, 0.1) is 18.8 Å². The second-order valence-corrected chi connectivity index (χ2v) is 6.90. The fourth-order valence-corrected chi connectivity index (χ4v) is 2.37. The number of aromatic nitrogens is 1. The minimum absolute atomic E-state index is 0.0200. The summed E-state index contributed by atoms with van der Waals surface area (Å²) < 4.78 is 0. The Morgan fingerprint density at radius 2 is 2.00 bits per heavy atom. The summed E-state index contributed by atoms with van der Waals surface area (Å²) in [6, 6.07) is 5.86. The van der Waals surface area contributed by atoms with Crippen LogP contribution < -0.4 is 5.32 Å². The molecule has 0 aromatic carbocycles. The summed E-state index contributed by atoms with van der Waals surface area (Å²) >= 11 is 0. The molecule has 2 rings (SSSR count). The molecule has 0 bridgehead atoms. The number of pyridine rings is 1. The highest BCUT2D eigenvalue weighted by Gasteiger charge is 2.22. The lowest BCUT2D eigenvalue weighted by Crippen LogP contribution is -2.50. The van der Waals surface area contributed by atoms with Crippen LogP contribution in [0.5, 0.6) is 0 Å². The van der Waals surface area contributed by atoms with Gasteiger partial charge in [-0.25, -0.2) is 9.78 Å². The number of carbonyl (C=O) groups excluding carboxylic acids is 1. The average molecular weight is 311 g/mol. The van der Waals surface area contributed by atoms with Crippen molar-refractivity contribution in [1.29, 1.82) is 0 Å². The second-order valence-electron chi connectivity index (χ2n) is 6.90. The molecule has 122 valence electrons. The van der Waals surface area contributed by atoms with E-state index in [1.54, 1.807) is 0 Å². The van der Waals surface area contributed by atoms with Crippen LogP contribution in [-0.4, -0.2) is 34.5 Å². The van der Waals surface area contributed by atoms with Crippen LogP contribution in [0.1, 0.15) is 45.0 Å². The monoisotopic (exact) mass is 311 g/mol. The Balaban J connectivity index is 1.88. The molecule has 1 aromatic heterocycles. The molecule has 1 saturated heterocycles. The van der Waals surface area contributed by atoms with E-state index in [4.69, 9.17) is 0 Å². The number of rotatable bonds is 0. The van der Waals surface area contributed by atoms with Crippen LogP contribution in [0.25, 0.3) is 0 Å². The molecular weight excluding hydrogens is 286 g/mol. The lowest BCUT2D eigenvalue weighted by molar-refractivity contribution is 0.184. The Morgan fingerprint density at radius 1 is 1.30 bits per heavy atom. The molecule has 2 amide bonds. The largest absolute Gasteiger partial charge is 0.333 e. The number of piperidine rings is 1. The SMILES string of the molecule is Cc1cccc(C#CC=C2CCN(C(=O)NC(C)(C)C)CC2)n1. The number of likely N-dealkylation sites (tertiary alicyclic amines) is 1. The third kappa shape index (κ3) is 5.78. The number of nitrogens with one attached hydrogen (secondary N) is 1. The summed E-state index contributed by atoms with van der Waals surface area (Å²) in [5.41, 5.74) is 2.87. The van der Waals surface area contributed by atoms with E-state index in [1.807, 2.05) is 56.9 Å². The molecule has 23 heavy (non-hydrogen) atoms. The molecule has 1 aliphatic rings. The predicted molar refractivity (Wildman–Crippen MR) is 93.0 cm³/mol. The van der Waals surface area contributed by atoms with Gasteiger partial charge in [0.1, 0.15) is 5.69 Å². The highest BCUT2D eigenvalue weighted by atomic mass is 16.2. The molecule has 0 atom stereocenters. The standard InChI is InChI=1S/C19H25N3O/c1-15-7-5-9-17(20-15)10-6-8-16-11-13-22(14-12-16)18(23)21-19(2,3)4/h5,7-9H,11-14H2,1-4H3,(H,21,23). The Kier molecular flexibility index (Phi) is 5.44. The molecule has 0 aliphatic carbocycles. The summed E-state index contributed by atoms with van der Waals surface area (Å²) in [6.45, 7) is 9.44. The number of amides is 2. The summed E-state index contributed by atoms with van der Waals surface area (Å²) in [5, 5.41) is 3.00. The number of urea groups is 1. The number of carbonyl (C=O) groups is 1. The normalized spacial score (nSPS) is 14.8. The van der Waals surface area contributed by atoms with Gasteiger partial charge in [-0.05, 0) is 64.7 Å². The van der Waals surface area contributed by atoms with Crippen molar-refractivity contribution in [2.75, 3.05) is 13.1 Å². The second kappa shape index (κ2) is 7.32. The molecule has 0 unspecified atom stereocenters. The Morgan fingerprint density at radius 3 is 2.61 bits per heavy atom. The number of hydrogen-bond donors (Lipinski definition) is 1. The van der Waals surface area contributed by atoms with Crippen LogP contribution in [0.2, 0.25) is 0 Å². The summed E-state index contributed by atoms with van der Waals surface area (Å²) in [7, 11) is 0. The van der Waals surface area contributed by atoms with Crippen molar-refractivity contribution < 1.29 is 4.79 Å². The molecule has 1 aromatic rings. The highest BCUT2D eigenvalue weighted by molar-refractivity contribution is 5.75. The Labute approximate surface area is 139 Å². The lowest BCUT2D eigenvalue weighted by atomic mass is 10.0. The van der Waals surface area contributed by atoms with Crippen LogP contribution >= 0.6 is 0 Å². The fourth-order valence-electron chi connectivity index (χ4n) is 2.37. The zero-order valence-corrected chi connectivity index (χ0v) is 14.4. The van der Waals surface area contributed by atoms with Crippen LogP contribution in [0.3, 0.4) is 0 Å². The van der Waals surface area contributed by atoms with Gasteiger partial charge in [0.15, 0.2) is 0 Å². The lowest BCUT2D eigenvalue weighted by Gasteiger charge is -2.31. The molecule has 4 heteroatoms. The average Bonchev–Trinajstić information content (AvgIpc) is 2.46. The van der Waals surface area contributed by atoms with Gasteiger partial charge in [-0.2, -0.15) is 0 Å². The first-order valence-corrected chi connectivity index (χ1v) is 8.04. The van der Waals surface area contributed by atoms with E-state index < -0.39 is 0 Å². The topological polar surface area (TPSA) is 45.2 Å². The smallest absolute Gasteiger partial charge is 0.317 e. The van der Waals surface area contributed by atoms with Gasteiger partial charge in [0, 0.05) is 24.3 Å². The van der Waals surface area contributed by atoms with Gasteiger partial charge in [0.2, 0.25) is 0 Å². The van der Waals surface area contributed by atoms with E-state index in [-0.39, 0.29) is 11.6 Å².